The van der Waals surface area contributed by atoms with E-state index in [1.807, 2.05) is 0 Å². The minimum Gasteiger partial charge on any atom is -0.393 e. The average Bonchev–Trinajstić information content (AvgIpc) is 3.10. The zero-order chi connectivity index (χ0) is 13.5. The van der Waals surface area contributed by atoms with E-state index in [0.717, 1.165) is 32.1 Å². The Morgan fingerprint density at radius 3 is 2.79 bits per heavy atom. The second-order valence-electron chi connectivity index (χ2n) is 5.41. The molecular weight excluding hydrogens is 266 g/mol. The van der Waals surface area contributed by atoms with E-state index in [0.29, 0.717) is 6.54 Å². The summed E-state index contributed by atoms with van der Waals surface area (Å²) in [4.78, 5) is 0. The Hall–Kier alpha value is -0.920. The fourth-order valence-electron chi connectivity index (χ4n) is 3.42. The molecule has 6 nitrogen and oxygen atoms in total. The van der Waals surface area contributed by atoms with Gasteiger partial charge in [-0.2, -0.15) is 9.40 Å². The highest BCUT2D eigenvalue weighted by atomic mass is 32.2. The Bertz CT molecular complexity index is 528. The molecule has 3 atom stereocenters. The number of aliphatic hydroxyl groups is 1. The lowest BCUT2D eigenvalue weighted by atomic mass is 9.95. The third kappa shape index (κ3) is 2.19. The quantitative estimate of drug-likeness (QED) is 0.857. The Kier molecular flexibility index (Phi) is 3.36. The van der Waals surface area contributed by atoms with E-state index in [1.54, 1.807) is 4.31 Å². The number of nitrogens with zero attached hydrogens (tertiary/aromatic N) is 2. The third-order valence-electron chi connectivity index (χ3n) is 4.34. The first-order valence-corrected chi connectivity index (χ1v) is 8.24. The van der Waals surface area contributed by atoms with Crippen molar-refractivity contribution >= 4 is 10.0 Å². The highest BCUT2D eigenvalue weighted by molar-refractivity contribution is 7.89. The molecule has 1 aromatic rings. The van der Waals surface area contributed by atoms with E-state index in [1.165, 1.54) is 12.3 Å². The van der Waals surface area contributed by atoms with Crippen LogP contribution in [-0.2, 0) is 10.0 Å². The molecule has 0 aromatic carbocycles. The van der Waals surface area contributed by atoms with E-state index < -0.39 is 10.0 Å². The van der Waals surface area contributed by atoms with Gasteiger partial charge < -0.3 is 5.11 Å². The van der Waals surface area contributed by atoms with Crippen molar-refractivity contribution in [2.45, 2.75) is 49.3 Å². The molecule has 1 saturated carbocycles. The summed E-state index contributed by atoms with van der Waals surface area (Å²) in [5.41, 5.74) is 0. The first-order valence-electron chi connectivity index (χ1n) is 6.80. The lowest BCUT2D eigenvalue weighted by Gasteiger charge is -2.29. The molecule has 106 valence electrons. The number of hydrogen-bond acceptors (Lipinski definition) is 4. The molecule has 1 aliphatic carbocycles. The number of nitrogens with one attached hydrogen (secondary N) is 1. The van der Waals surface area contributed by atoms with Gasteiger partial charge >= 0.3 is 0 Å². The van der Waals surface area contributed by atoms with Crippen LogP contribution in [-0.4, -0.2) is 46.7 Å². The molecule has 1 saturated heterocycles. The molecule has 0 radical (unpaired) electrons. The van der Waals surface area contributed by atoms with Crippen LogP contribution in [0.3, 0.4) is 0 Å². The highest BCUT2D eigenvalue weighted by Crippen LogP contribution is 2.37. The van der Waals surface area contributed by atoms with Crippen LogP contribution >= 0.6 is 0 Å². The van der Waals surface area contributed by atoms with Crippen LogP contribution in [0.15, 0.2) is 17.3 Å². The maximum Gasteiger partial charge on any atom is 0.260 e. The van der Waals surface area contributed by atoms with Gasteiger partial charge in [-0.1, -0.05) is 6.42 Å². The average molecular weight is 285 g/mol. The summed E-state index contributed by atoms with van der Waals surface area (Å²) in [7, 11) is -3.50. The van der Waals surface area contributed by atoms with Crippen molar-refractivity contribution in [3.05, 3.63) is 12.3 Å². The van der Waals surface area contributed by atoms with Gasteiger partial charge in [-0.15, -0.1) is 0 Å². The van der Waals surface area contributed by atoms with Crippen LogP contribution in [0.2, 0.25) is 0 Å². The predicted molar refractivity (Wildman–Crippen MR) is 68.8 cm³/mol. The van der Waals surface area contributed by atoms with E-state index in [-0.39, 0.29) is 23.1 Å². The van der Waals surface area contributed by atoms with E-state index in [9.17, 15) is 13.5 Å². The number of rotatable bonds is 3. The number of sulfonamides is 1. The lowest BCUT2D eigenvalue weighted by Crippen LogP contribution is -2.42. The van der Waals surface area contributed by atoms with Crippen molar-refractivity contribution < 1.29 is 13.5 Å². The lowest BCUT2D eigenvalue weighted by molar-refractivity contribution is 0.0974. The van der Waals surface area contributed by atoms with Crippen molar-refractivity contribution in [1.82, 2.24) is 14.5 Å². The molecular formula is C12H19N3O3S. The number of aromatic nitrogens is 2. The highest BCUT2D eigenvalue weighted by Gasteiger charge is 2.43. The van der Waals surface area contributed by atoms with Gasteiger partial charge in [0, 0.05) is 18.5 Å². The van der Waals surface area contributed by atoms with Gasteiger partial charge in [-0.05, 0) is 31.7 Å². The fraction of sp³-hybridized carbons (Fsp3) is 0.750. The van der Waals surface area contributed by atoms with Gasteiger partial charge in [0.15, 0.2) is 5.03 Å². The minimum atomic E-state index is -3.50. The summed E-state index contributed by atoms with van der Waals surface area (Å²) in [6, 6.07) is 1.42. The van der Waals surface area contributed by atoms with Gasteiger partial charge in [0.2, 0.25) is 0 Å². The van der Waals surface area contributed by atoms with Crippen LogP contribution in [0.25, 0.3) is 0 Å². The number of H-pyrrole nitrogens is 1. The number of aliphatic hydroxyl groups excluding tert-OH is 1. The Morgan fingerprint density at radius 1 is 1.32 bits per heavy atom. The zero-order valence-electron chi connectivity index (χ0n) is 10.7. The summed E-state index contributed by atoms with van der Waals surface area (Å²) in [6.45, 7) is 0.537. The van der Waals surface area contributed by atoms with Crippen LogP contribution in [0, 0.1) is 5.92 Å². The maximum absolute atomic E-state index is 12.5. The monoisotopic (exact) mass is 285 g/mol. The normalized spacial score (nSPS) is 33.0. The van der Waals surface area contributed by atoms with Crippen LogP contribution in [0.4, 0.5) is 0 Å². The molecule has 0 bridgehead atoms. The first kappa shape index (κ1) is 13.1. The van der Waals surface area contributed by atoms with Crippen LogP contribution < -0.4 is 0 Å². The Morgan fingerprint density at radius 2 is 2.16 bits per heavy atom. The second kappa shape index (κ2) is 4.88. The molecule has 3 unspecified atom stereocenters. The topological polar surface area (TPSA) is 86.3 Å². The standard InChI is InChI=1S/C12H19N3O3S/c16-11-5-1-3-9(11)10-4-2-8-15(10)19(17,18)12-6-7-13-14-12/h6-7,9-11,16H,1-5,8H2,(H,13,14). The maximum atomic E-state index is 12.5. The molecule has 1 aliphatic heterocycles. The van der Waals surface area contributed by atoms with Gasteiger partial charge in [0.25, 0.3) is 10.0 Å². The summed E-state index contributed by atoms with van der Waals surface area (Å²) < 4.78 is 26.6. The smallest absolute Gasteiger partial charge is 0.260 e. The molecule has 2 aliphatic rings. The first-order chi connectivity index (χ1) is 9.10. The Labute approximate surface area is 112 Å². The van der Waals surface area contributed by atoms with Crippen molar-refractivity contribution in [3.8, 4) is 0 Å². The fourth-order valence-corrected chi connectivity index (χ4v) is 5.06. The van der Waals surface area contributed by atoms with Gasteiger partial charge in [0.05, 0.1) is 12.3 Å². The Balaban J connectivity index is 1.87. The van der Waals surface area contributed by atoms with E-state index in [2.05, 4.69) is 10.2 Å². The largest absolute Gasteiger partial charge is 0.393 e. The molecule has 2 heterocycles. The van der Waals surface area contributed by atoms with Crippen molar-refractivity contribution in [3.63, 3.8) is 0 Å². The minimum absolute atomic E-state index is 0.0641. The van der Waals surface area contributed by atoms with Gasteiger partial charge in [-0.3, -0.25) is 5.10 Å². The molecule has 3 rings (SSSR count). The summed E-state index contributed by atoms with van der Waals surface area (Å²) >= 11 is 0. The van der Waals surface area contributed by atoms with E-state index >= 15 is 0 Å². The van der Waals surface area contributed by atoms with E-state index in [4.69, 9.17) is 0 Å². The molecule has 0 amide bonds. The van der Waals surface area contributed by atoms with Crippen molar-refractivity contribution in [2.75, 3.05) is 6.54 Å². The number of hydrogen-bond donors (Lipinski definition) is 2. The van der Waals surface area contributed by atoms with Gasteiger partial charge in [-0.25, -0.2) is 8.42 Å². The van der Waals surface area contributed by atoms with Gasteiger partial charge in [0.1, 0.15) is 0 Å². The van der Waals surface area contributed by atoms with Crippen LogP contribution in [0.1, 0.15) is 32.1 Å². The molecule has 0 spiro atoms. The predicted octanol–water partition coefficient (Wildman–Crippen LogP) is 0.724. The van der Waals surface area contributed by atoms with Crippen LogP contribution in [0.5, 0.6) is 0 Å². The summed E-state index contributed by atoms with van der Waals surface area (Å²) in [5.74, 6) is 0.0835. The summed E-state index contributed by atoms with van der Waals surface area (Å²) in [5, 5.41) is 16.4. The third-order valence-corrected chi connectivity index (χ3v) is 6.19. The van der Waals surface area contributed by atoms with Crippen molar-refractivity contribution in [2.24, 2.45) is 5.92 Å². The SMILES string of the molecule is O=S(=O)(c1ccn[nH]1)N1CCCC1C1CCCC1O. The second-order valence-corrected chi connectivity index (χ2v) is 7.27. The summed E-state index contributed by atoms with van der Waals surface area (Å²) in [6.07, 6.45) is 5.49. The molecule has 2 N–H and O–H groups in total. The zero-order valence-corrected chi connectivity index (χ0v) is 11.5. The van der Waals surface area contributed by atoms with Crippen molar-refractivity contribution in [1.29, 1.82) is 0 Å². The number of aromatic amines is 1. The molecule has 2 fully saturated rings. The molecule has 7 heteroatoms. The molecule has 1 aromatic heterocycles. The molecule has 19 heavy (non-hydrogen) atoms.